The first-order valence-corrected chi connectivity index (χ1v) is 8.58. The van der Waals surface area contributed by atoms with Crippen molar-refractivity contribution in [1.29, 1.82) is 0 Å². The summed E-state index contributed by atoms with van der Waals surface area (Å²) in [6, 6.07) is 9.64. The highest BCUT2D eigenvalue weighted by molar-refractivity contribution is 7.15. The SMILES string of the molecule is Cc1ccc(C(=O)NCc2sc(-c3cccnc3)nc2C)cc1C. The number of pyridine rings is 1. The van der Waals surface area contributed by atoms with E-state index in [1.165, 1.54) is 5.56 Å². The van der Waals surface area contributed by atoms with Gasteiger partial charge in [0.1, 0.15) is 5.01 Å². The molecule has 3 rings (SSSR count). The first-order chi connectivity index (χ1) is 11.5. The first-order valence-electron chi connectivity index (χ1n) is 7.77. The Morgan fingerprint density at radius 1 is 1.17 bits per heavy atom. The quantitative estimate of drug-likeness (QED) is 0.781. The molecule has 0 unspecified atom stereocenters. The van der Waals surface area contributed by atoms with Gasteiger partial charge in [0.25, 0.3) is 5.91 Å². The summed E-state index contributed by atoms with van der Waals surface area (Å²) in [4.78, 5) is 22.1. The molecule has 3 aromatic rings. The fraction of sp³-hybridized carbons (Fsp3) is 0.211. The number of benzene rings is 1. The molecule has 1 aromatic carbocycles. The molecule has 0 aliphatic rings. The molecule has 0 aliphatic heterocycles. The van der Waals surface area contributed by atoms with Crippen molar-refractivity contribution in [2.75, 3.05) is 0 Å². The molecule has 122 valence electrons. The van der Waals surface area contributed by atoms with E-state index in [0.717, 1.165) is 26.7 Å². The van der Waals surface area contributed by atoms with Crippen LogP contribution < -0.4 is 5.32 Å². The summed E-state index contributed by atoms with van der Waals surface area (Å²) in [5, 5.41) is 3.91. The van der Waals surface area contributed by atoms with Crippen LogP contribution in [0.15, 0.2) is 42.7 Å². The van der Waals surface area contributed by atoms with Crippen LogP contribution in [0, 0.1) is 20.8 Å². The Balaban J connectivity index is 1.71. The lowest BCUT2D eigenvalue weighted by Gasteiger charge is -2.06. The fourth-order valence-electron chi connectivity index (χ4n) is 2.35. The average Bonchev–Trinajstić information content (AvgIpc) is 2.97. The molecule has 4 nitrogen and oxygen atoms in total. The molecule has 0 radical (unpaired) electrons. The summed E-state index contributed by atoms with van der Waals surface area (Å²) >= 11 is 1.59. The summed E-state index contributed by atoms with van der Waals surface area (Å²) in [5.74, 6) is -0.0613. The topological polar surface area (TPSA) is 54.9 Å². The van der Waals surface area contributed by atoms with Crippen LogP contribution in [0.3, 0.4) is 0 Å². The van der Waals surface area contributed by atoms with Gasteiger partial charge in [-0.05, 0) is 56.2 Å². The zero-order chi connectivity index (χ0) is 17.1. The minimum Gasteiger partial charge on any atom is -0.347 e. The number of carbonyl (C=O) groups is 1. The van der Waals surface area contributed by atoms with Crippen molar-refractivity contribution >= 4 is 17.2 Å². The molecular formula is C19H19N3OS. The van der Waals surface area contributed by atoms with E-state index in [4.69, 9.17) is 0 Å². The van der Waals surface area contributed by atoms with Crippen LogP contribution >= 0.6 is 11.3 Å². The average molecular weight is 337 g/mol. The maximum atomic E-state index is 12.3. The van der Waals surface area contributed by atoms with Gasteiger partial charge in [0.15, 0.2) is 0 Å². The predicted molar refractivity (Wildman–Crippen MR) is 97.2 cm³/mol. The normalized spacial score (nSPS) is 10.6. The molecule has 1 amide bonds. The number of rotatable bonds is 4. The van der Waals surface area contributed by atoms with Crippen LogP contribution in [-0.2, 0) is 6.54 Å². The number of hydrogen-bond acceptors (Lipinski definition) is 4. The number of aromatic nitrogens is 2. The van der Waals surface area contributed by atoms with Gasteiger partial charge >= 0.3 is 0 Å². The maximum Gasteiger partial charge on any atom is 0.251 e. The molecule has 5 heteroatoms. The molecule has 1 N–H and O–H groups in total. The van der Waals surface area contributed by atoms with E-state index in [2.05, 4.69) is 15.3 Å². The number of carbonyl (C=O) groups excluding carboxylic acids is 1. The van der Waals surface area contributed by atoms with Crippen LogP contribution in [0.2, 0.25) is 0 Å². The Bertz CT molecular complexity index is 872. The van der Waals surface area contributed by atoms with Crippen LogP contribution in [-0.4, -0.2) is 15.9 Å². The zero-order valence-electron chi connectivity index (χ0n) is 14.0. The van der Waals surface area contributed by atoms with Gasteiger partial charge in [-0.3, -0.25) is 9.78 Å². The molecular weight excluding hydrogens is 318 g/mol. The van der Waals surface area contributed by atoms with Gasteiger partial charge in [0, 0.05) is 28.4 Å². The molecule has 0 spiro atoms. The number of nitrogens with one attached hydrogen (secondary N) is 1. The summed E-state index contributed by atoms with van der Waals surface area (Å²) in [6.07, 6.45) is 3.55. The molecule has 2 heterocycles. The second-order valence-corrected chi connectivity index (χ2v) is 6.83. The van der Waals surface area contributed by atoms with E-state index >= 15 is 0 Å². The Labute approximate surface area is 145 Å². The molecule has 0 atom stereocenters. The standard InChI is InChI=1S/C19H19N3OS/c1-12-6-7-15(9-13(12)2)18(23)21-11-17-14(3)22-19(24-17)16-5-4-8-20-10-16/h4-10H,11H2,1-3H3,(H,21,23). The summed E-state index contributed by atoms with van der Waals surface area (Å²) in [5.41, 5.74) is 4.94. The number of nitrogens with zero attached hydrogens (tertiary/aromatic N) is 2. The highest BCUT2D eigenvalue weighted by atomic mass is 32.1. The van der Waals surface area contributed by atoms with Crippen molar-refractivity contribution in [2.45, 2.75) is 27.3 Å². The Hall–Kier alpha value is -2.53. The van der Waals surface area contributed by atoms with Gasteiger partial charge in [0.2, 0.25) is 0 Å². The summed E-state index contributed by atoms with van der Waals surface area (Å²) in [7, 11) is 0. The van der Waals surface area contributed by atoms with Crippen molar-refractivity contribution in [3.05, 3.63) is 70.0 Å². The van der Waals surface area contributed by atoms with Crippen molar-refractivity contribution in [1.82, 2.24) is 15.3 Å². The lowest BCUT2D eigenvalue weighted by molar-refractivity contribution is 0.0951. The second kappa shape index (κ2) is 6.93. The van der Waals surface area contributed by atoms with Crippen molar-refractivity contribution in [3.63, 3.8) is 0 Å². The highest BCUT2D eigenvalue weighted by Gasteiger charge is 2.12. The van der Waals surface area contributed by atoms with E-state index in [9.17, 15) is 4.79 Å². The van der Waals surface area contributed by atoms with Crippen molar-refractivity contribution in [2.24, 2.45) is 0 Å². The monoisotopic (exact) mass is 337 g/mol. The lowest BCUT2D eigenvalue weighted by Crippen LogP contribution is -2.22. The lowest BCUT2D eigenvalue weighted by atomic mass is 10.1. The third-order valence-electron chi connectivity index (χ3n) is 3.98. The predicted octanol–water partition coefficient (Wildman–Crippen LogP) is 4.06. The molecule has 2 aromatic heterocycles. The van der Waals surface area contributed by atoms with Gasteiger partial charge in [-0.2, -0.15) is 0 Å². The van der Waals surface area contributed by atoms with Gasteiger partial charge in [0.05, 0.1) is 12.2 Å². The maximum absolute atomic E-state index is 12.3. The Morgan fingerprint density at radius 3 is 2.71 bits per heavy atom. The third kappa shape index (κ3) is 3.51. The minimum absolute atomic E-state index is 0.0613. The van der Waals surface area contributed by atoms with E-state index in [0.29, 0.717) is 12.1 Å². The van der Waals surface area contributed by atoms with E-state index in [-0.39, 0.29) is 5.91 Å². The number of aryl methyl sites for hydroxylation is 3. The van der Waals surface area contributed by atoms with E-state index in [1.54, 1.807) is 23.7 Å². The zero-order valence-corrected chi connectivity index (χ0v) is 14.8. The van der Waals surface area contributed by atoms with Crippen LogP contribution in [0.4, 0.5) is 0 Å². The Kier molecular flexibility index (Phi) is 4.71. The molecule has 24 heavy (non-hydrogen) atoms. The summed E-state index contributed by atoms with van der Waals surface area (Å²) in [6.45, 7) is 6.50. The van der Waals surface area contributed by atoms with Crippen LogP contribution in [0.1, 0.15) is 32.1 Å². The fourth-order valence-corrected chi connectivity index (χ4v) is 3.34. The highest BCUT2D eigenvalue weighted by Crippen LogP contribution is 2.27. The largest absolute Gasteiger partial charge is 0.347 e. The minimum atomic E-state index is -0.0613. The number of thiazole rings is 1. The van der Waals surface area contributed by atoms with E-state index in [1.807, 2.05) is 51.1 Å². The third-order valence-corrected chi connectivity index (χ3v) is 5.19. The van der Waals surface area contributed by atoms with Crippen molar-refractivity contribution in [3.8, 4) is 10.6 Å². The van der Waals surface area contributed by atoms with Gasteiger partial charge in [-0.1, -0.05) is 6.07 Å². The van der Waals surface area contributed by atoms with Gasteiger partial charge in [-0.25, -0.2) is 4.98 Å². The molecule has 0 saturated heterocycles. The molecule has 0 aliphatic carbocycles. The second-order valence-electron chi connectivity index (χ2n) is 5.75. The smallest absolute Gasteiger partial charge is 0.251 e. The summed E-state index contributed by atoms with van der Waals surface area (Å²) < 4.78 is 0. The Morgan fingerprint density at radius 2 is 2.00 bits per heavy atom. The van der Waals surface area contributed by atoms with Gasteiger partial charge in [-0.15, -0.1) is 11.3 Å². The van der Waals surface area contributed by atoms with Crippen LogP contribution in [0.5, 0.6) is 0 Å². The number of amides is 1. The van der Waals surface area contributed by atoms with Crippen LogP contribution in [0.25, 0.3) is 10.6 Å². The molecule has 0 fully saturated rings. The van der Waals surface area contributed by atoms with Gasteiger partial charge < -0.3 is 5.32 Å². The van der Waals surface area contributed by atoms with E-state index < -0.39 is 0 Å². The number of hydrogen-bond donors (Lipinski definition) is 1. The molecule has 0 saturated carbocycles. The van der Waals surface area contributed by atoms with Crippen molar-refractivity contribution < 1.29 is 4.79 Å². The molecule has 0 bridgehead atoms. The first kappa shape index (κ1) is 16.3.